The Bertz CT molecular complexity index is 429. The number of halogens is 1. The molecular weight excluding hydrogens is 197 g/mol. The largest absolute Gasteiger partial charge is 0.497 e. The molecule has 0 bridgehead atoms. The molecule has 0 saturated heterocycles. The molecule has 1 amide bonds. The highest BCUT2D eigenvalue weighted by Gasteiger charge is 2.46. The van der Waals surface area contributed by atoms with Crippen LogP contribution in [0.1, 0.15) is 12.5 Å². The molecule has 0 spiro atoms. The highest BCUT2D eigenvalue weighted by Crippen LogP contribution is 2.43. The maximum Gasteiger partial charge on any atom is 0.268 e. The van der Waals surface area contributed by atoms with E-state index in [9.17, 15) is 9.18 Å². The lowest BCUT2D eigenvalue weighted by atomic mass is 10.00. The van der Waals surface area contributed by atoms with Crippen molar-refractivity contribution in [2.75, 3.05) is 19.1 Å². The Kier molecular flexibility index (Phi) is 1.96. The fourth-order valence-corrected chi connectivity index (χ4v) is 1.85. The number of fused-ring (bicyclic) bond motifs is 1. The normalized spacial score (nSPS) is 24.3. The van der Waals surface area contributed by atoms with E-state index in [2.05, 4.69) is 0 Å². The number of carbonyl (C=O) groups excluding carboxylic acids is 1. The van der Waals surface area contributed by atoms with Crippen molar-refractivity contribution in [3.63, 3.8) is 0 Å². The third-order valence-electron chi connectivity index (χ3n) is 2.78. The minimum absolute atomic E-state index is 0.370. The molecule has 1 unspecified atom stereocenters. The van der Waals surface area contributed by atoms with Crippen LogP contribution in [-0.2, 0) is 10.5 Å². The molecule has 0 N–H and O–H groups in total. The van der Waals surface area contributed by atoms with Crippen molar-refractivity contribution >= 4 is 11.6 Å². The van der Waals surface area contributed by atoms with Crippen molar-refractivity contribution in [3.8, 4) is 5.75 Å². The summed E-state index contributed by atoms with van der Waals surface area (Å²) in [6, 6.07) is 4.97. The van der Waals surface area contributed by atoms with E-state index in [1.165, 1.54) is 18.9 Å². The molecule has 1 aliphatic rings. The van der Waals surface area contributed by atoms with Gasteiger partial charge in [-0.3, -0.25) is 4.79 Å². The zero-order valence-corrected chi connectivity index (χ0v) is 8.87. The SMILES string of the molecule is COc1ccc2c(c1)C(C)(F)C(=O)N2C. The van der Waals surface area contributed by atoms with Crippen LogP contribution in [0.5, 0.6) is 5.75 Å². The van der Waals surface area contributed by atoms with Gasteiger partial charge in [0.25, 0.3) is 5.91 Å². The van der Waals surface area contributed by atoms with E-state index in [1.54, 1.807) is 25.2 Å². The van der Waals surface area contributed by atoms with E-state index >= 15 is 0 Å². The van der Waals surface area contributed by atoms with Gasteiger partial charge in [-0.25, -0.2) is 4.39 Å². The number of alkyl halides is 1. The molecule has 0 fully saturated rings. The molecule has 1 aromatic carbocycles. The fraction of sp³-hybridized carbons (Fsp3) is 0.364. The first-order chi connectivity index (χ1) is 6.98. The van der Waals surface area contributed by atoms with Gasteiger partial charge in [0, 0.05) is 12.6 Å². The lowest BCUT2D eigenvalue weighted by molar-refractivity contribution is -0.127. The van der Waals surface area contributed by atoms with Crippen LogP contribution in [0.25, 0.3) is 0 Å². The summed E-state index contributed by atoms with van der Waals surface area (Å²) in [7, 11) is 3.08. The van der Waals surface area contributed by atoms with Crippen molar-refractivity contribution in [3.05, 3.63) is 23.8 Å². The minimum Gasteiger partial charge on any atom is -0.497 e. The highest BCUT2D eigenvalue weighted by molar-refractivity contribution is 6.06. The zero-order valence-electron chi connectivity index (χ0n) is 8.87. The van der Waals surface area contributed by atoms with Crippen LogP contribution in [0.15, 0.2) is 18.2 Å². The summed E-state index contributed by atoms with van der Waals surface area (Å²) in [5.41, 5.74) is -0.973. The number of benzene rings is 1. The van der Waals surface area contributed by atoms with Gasteiger partial charge in [-0.1, -0.05) is 0 Å². The van der Waals surface area contributed by atoms with E-state index < -0.39 is 11.6 Å². The Morgan fingerprint density at radius 2 is 2.13 bits per heavy atom. The summed E-state index contributed by atoms with van der Waals surface area (Å²) in [5.74, 6) is 0.0199. The second-order valence-corrected chi connectivity index (χ2v) is 3.75. The van der Waals surface area contributed by atoms with Gasteiger partial charge in [0.05, 0.1) is 12.8 Å². The first-order valence-corrected chi connectivity index (χ1v) is 4.64. The third kappa shape index (κ3) is 1.21. The maximum atomic E-state index is 14.1. The molecule has 0 radical (unpaired) electrons. The van der Waals surface area contributed by atoms with E-state index in [-0.39, 0.29) is 0 Å². The summed E-state index contributed by atoms with van der Waals surface area (Å²) < 4.78 is 19.1. The molecule has 0 aromatic heterocycles. The second kappa shape index (κ2) is 2.95. The summed E-state index contributed by atoms with van der Waals surface area (Å²) in [4.78, 5) is 12.9. The van der Waals surface area contributed by atoms with Gasteiger partial charge in [0.1, 0.15) is 5.75 Å². The van der Waals surface area contributed by atoms with Crippen LogP contribution in [-0.4, -0.2) is 20.1 Å². The standard InChI is InChI=1S/C11H12FNO2/c1-11(12)8-6-7(15-3)4-5-9(8)13(2)10(11)14/h4-6H,1-3H3. The van der Waals surface area contributed by atoms with E-state index in [4.69, 9.17) is 4.74 Å². The molecule has 4 heteroatoms. The number of carbonyl (C=O) groups is 1. The molecule has 80 valence electrons. The number of ether oxygens (including phenoxy) is 1. The average molecular weight is 209 g/mol. The molecule has 0 saturated carbocycles. The van der Waals surface area contributed by atoms with Crippen LogP contribution in [0, 0.1) is 0 Å². The first kappa shape index (κ1) is 9.96. The number of nitrogens with zero attached hydrogens (tertiary/aromatic N) is 1. The highest BCUT2D eigenvalue weighted by atomic mass is 19.1. The summed E-state index contributed by atoms with van der Waals surface area (Å²) in [6.07, 6.45) is 0. The number of methoxy groups -OCH3 is 1. The van der Waals surface area contributed by atoms with Crippen LogP contribution in [0.4, 0.5) is 10.1 Å². The molecular formula is C11H12FNO2. The monoisotopic (exact) mass is 209 g/mol. The summed E-state index contributed by atoms with van der Waals surface area (Å²) in [5, 5.41) is 0. The van der Waals surface area contributed by atoms with Crippen LogP contribution in [0.2, 0.25) is 0 Å². The maximum absolute atomic E-state index is 14.1. The van der Waals surface area contributed by atoms with Gasteiger partial charge in [0.15, 0.2) is 0 Å². The third-order valence-corrected chi connectivity index (χ3v) is 2.78. The number of hydrogen-bond acceptors (Lipinski definition) is 2. The van der Waals surface area contributed by atoms with Crippen LogP contribution in [0.3, 0.4) is 0 Å². The van der Waals surface area contributed by atoms with Gasteiger partial charge in [0.2, 0.25) is 5.67 Å². The Morgan fingerprint density at radius 1 is 1.47 bits per heavy atom. The quantitative estimate of drug-likeness (QED) is 0.706. The second-order valence-electron chi connectivity index (χ2n) is 3.75. The Morgan fingerprint density at radius 3 is 2.73 bits per heavy atom. The molecule has 1 aromatic rings. The number of hydrogen-bond donors (Lipinski definition) is 0. The number of likely N-dealkylation sites (N-methyl/N-ethyl adjacent to an activating group) is 1. The van der Waals surface area contributed by atoms with Gasteiger partial charge >= 0.3 is 0 Å². The summed E-state index contributed by atoms with van der Waals surface area (Å²) >= 11 is 0. The Balaban J connectivity index is 2.62. The molecule has 2 rings (SSSR count). The van der Waals surface area contributed by atoms with Crippen molar-refractivity contribution in [2.24, 2.45) is 0 Å². The lowest BCUT2D eigenvalue weighted by Crippen LogP contribution is -2.32. The van der Waals surface area contributed by atoms with E-state index in [0.29, 0.717) is 17.0 Å². The van der Waals surface area contributed by atoms with Crippen molar-refractivity contribution in [2.45, 2.75) is 12.6 Å². The van der Waals surface area contributed by atoms with Crippen molar-refractivity contribution in [1.82, 2.24) is 0 Å². The number of anilines is 1. The van der Waals surface area contributed by atoms with Crippen LogP contribution < -0.4 is 9.64 Å². The fourth-order valence-electron chi connectivity index (χ4n) is 1.85. The first-order valence-electron chi connectivity index (χ1n) is 4.64. The van der Waals surface area contributed by atoms with E-state index in [1.807, 2.05) is 0 Å². The lowest BCUT2D eigenvalue weighted by Gasteiger charge is -2.12. The van der Waals surface area contributed by atoms with E-state index in [0.717, 1.165) is 0 Å². The van der Waals surface area contributed by atoms with Gasteiger partial charge < -0.3 is 9.64 Å². The van der Waals surface area contributed by atoms with Crippen LogP contribution >= 0.6 is 0 Å². The van der Waals surface area contributed by atoms with Gasteiger partial charge in [-0.2, -0.15) is 0 Å². The summed E-state index contributed by atoms with van der Waals surface area (Å²) in [6.45, 7) is 1.27. The number of rotatable bonds is 1. The molecule has 1 heterocycles. The molecule has 15 heavy (non-hydrogen) atoms. The van der Waals surface area contributed by atoms with Gasteiger partial charge in [-0.05, 0) is 25.1 Å². The molecule has 0 aliphatic carbocycles. The predicted molar refractivity (Wildman–Crippen MR) is 54.9 cm³/mol. The molecule has 3 nitrogen and oxygen atoms in total. The zero-order chi connectivity index (χ0) is 11.2. The topological polar surface area (TPSA) is 29.5 Å². The Hall–Kier alpha value is -1.58. The molecule has 1 atom stereocenters. The van der Waals surface area contributed by atoms with Crippen molar-refractivity contribution in [1.29, 1.82) is 0 Å². The van der Waals surface area contributed by atoms with Gasteiger partial charge in [-0.15, -0.1) is 0 Å². The predicted octanol–water partition coefficient (Wildman–Crippen LogP) is 1.86. The average Bonchev–Trinajstić information content (AvgIpc) is 2.40. The molecule has 1 aliphatic heterocycles. The smallest absolute Gasteiger partial charge is 0.268 e. The minimum atomic E-state index is -1.95. The Labute approximate surface area is 87.5 Å². The number of amides is 1. The van der Waals surface area contributed by atoms with Crippen molar-refractivity contribution < 1.29 is 13.9 Å².